The average Bonchev–Trinajstić information content (AvgIpc) is 2.45. The van der Waals surface area contributed by atoms with Crippen molar-refractivity contribution >= 4 is 21.6 Å². The molecule has 5 heteroatoms. The molecule has 0 heterocycles. The fraction of sp³-hybridized carbons (Fsp3) is 0.200. The third kappa shape index (κ3) is 3.57. The highest BCUT2D eigenvalue weighted by Gasteiger charge is 2.13. The van der Waals surface area contributed by atoms with Crippen molar-refractivity contribution < 1.29 is 9.66 Å². The van der Waals surface area contributed by atoms with E-state index in [9.17, 15) is 10.1 Å². The molecule has 2 rings (SSSR count). The molecule has 0 spiro atoms. The first-order valence-corrected chi connectivity index (χ1v) is 6.95. The second-order valence-corrected chi connectivity index (χ2v) is 5.29. The number of methoxy groups -OCH3 is 1. The van der Waals surface area contributed by atoms with Crippen molar-refractivity contribution in [1.82, 2.24) is 0 Å². The molecule has 0 amide bonds. The van der Waals surface area contributed by atoms with Gasteiger partial charge in [-0.1, -0.05) is 28.1 Å². The molecule has 2 aromatic carbocycles. The maximum atomic E-state index is 11.0. The first-order valence-electron chi connectivity index (χ1n) is 6.16. The van der Waals surface area contributed by atoms with Gasteiger partial charge in [-0.15, -0.1) is 0 Å². The molecule has 4 nitrogen and oxygen atoms in total. The molecule has 0 N–H and O–H groups in total. The molecular weight excluding hydrogens is 322 g/mol. The average molecular weight is 336 g/mol. The summed E-state index contributed by atoms with van der Waals surface area (Å²) in [5, 5.41) is 11.0. The third-order valence-corrected chi connectivity index (χ3v) is 3.57. The normalized spacial score (nSPS) is 10.3. The molecule has 20 heavy (non-hydrogen) atoms. The minimum absolute atomic E-state index is 0.168. The van der Waals surface area contributed by atoms with Crippen LogP contribution in [0.25, 0.3) is 0 Å². The van der Waals surface area contributed by atoms with Crippen molar-refractivity contribution in [3.63, 3.8) is 0 Å². The van der Waals surface area contributed by atoms with Gasteiger partial charge in [0.1, 0.15) is 5.75 Å². The van der Waals surface area contributed by atoms with Crippen molar-refractivity contribution in [3.05, 3.63) is 68.2 Å². The zero-order chi connectivity index (χ0) is 14.5. The van der Waals surface area contributed by atoms with Crippen molar-refractivity contribution in [3.8, 4) is 5.75 Å². The lowest BCUT2D eigenvalue weighted by Gasteiger charge is -2.05. The summed E-state index contributed by atoms with van der Waals surface area (Å²) in [5.41, 5.74) is 2.03. The van der Waals surface area contributed by atoms with Crippen LogP contribution in [0.5, 0.6) is 5.75 Å². The summed E-state index contributed by atoms with van der Waals surface area (Å²) in [6.45, 7) is 0. The quantitative estimate of drug-likeness (QED) is 0.609. The van der Waals surface area contributed by atoms with Crippen molar-refractivity contribution in [2.75, 3.05) is 7.11 Å². The molecule has 0 unspecified atom stereocenters. The number of hydrogen-bond acceptors (Lipinski definition) is 3. The van der Waals surface area contributed by atoms with Gasteiger partial charge in [0.15, 0.2) is 0 Å². The van der Waals surface area contributed by atoms with E-state index in [0.717, 1.165) is 27.8 Å². The van der Waals surface area contributed by atoms with Gasteiger partial charge >= 0.3 is 0 Å². The molecule has 0 aliphatic rings. The minimum atomic E-state index is -0.338. The van der Waals surface area contributed by atoms with Crippen LogP contribution < -0.4 is 4.74 Å². The lowest BCUT2D eigenvalue weighted by Crippen LogP contribution is -1.98. The smallest absolute Gasteiger partial charge is 0.272 e. The highest BCUT2D eigenvalue weighted by Crippen LogP contribution is 2.24. The zero-order valence-corrected chi connectivity index (χ0v) is 12.6. The first-order chi connectivity index (χ1) is 9.60. The van der Waals surface area contributed by atoms with E-state index < -0.39 is 0 Å². The van der Waals surface area contributed by atoms with E-state index in [2.05, 4.69) is 15.9 Å². The Labute approximate surface area is 125 Å². The summed E-state index contributed by atoms with van der Waals surface area (Å²) in [4.78, 5) is 10.7. The fourth-order valence-corrected chi connectivity index (χ4v) is 2.41. The summed E-state index contributed by atoms with van der Waals surface area (Å²) in [7, 11) is 1.62. The van der Waals surface area contributed by atoms with Gasteiger partial charge in [0.25, 0.3) is 5.69 Å². The predicted octanol–water partition coefficient (Wildman–Crippen LogP) is 4.15. The molecule has 0 aliphatic carbocycles. The van der Waals surface area contributed by atoms with E-state index in [0.29, 0.717) is 6.42 Å². The molecule has 2 aromatic rings. The monoisotopic (exact) mass is 335 g/mol. The Morgan fingerprint density at radius 3 is 2.45 bits per heavy atom. The van der Waals surface area contributed by atoms with Crippen LogP contribution in [0.3, 0.4) is 0 Å². The van der Waals surface area contributed by atoms with E-state index in [-0.39, 0.29) is 10.6 Å². The molecule has 0 saturated carbocycles. The van der Waals surface area contributed by atoms with E-state index in [1.54, 1.807) is 13.2 Å². The number of rotatable bonds is 5. The molecule has 0 fully saturated rings. The van der Waals surface area contributed by atoms with Gasteiger partial charge in [0, 0.05) is 16.1 Å². The molecule has 0 atom stereocenters. The second-order valence-electron chi connectivity index (χ2n) is 4.38. The summed E-state index contributed by atoms with van der Waals surface area (Å²) in [6.07, 6.45) is 1.38. The van der Waals surface area contributed by atoms with Crippen molar-refractivity contribution in [2.24, 2.45) is 0 Å². The Balaban J connectivity index is 2.13. The Morgan fingerprint density at radius 2 is 1.85 bits per heavy atom. The van der Waals surface area contributed by atoms with Gasteiger partial charge in [-0.3, -0.25) is 10.1 Å². The van der Waals surface area contributed by atoms with Gasteiger partial charge in [0.05, 0.1) is 12.0 Å². The standard InChI is InChI=1S/C15H14BrNO3/c1-20-14-7-3-11(4-8-14)2-5-12-10-13(16)6-9-15(12)17(18)19/h3-4,6-10H,2,5H2,1H3. The second kappa shape index (κ2) is 6.52. The topological polar surface area (TPSA) is 52.4 Å². The molecule has 0 bridgehead atoms. The number of nitro benzene ring substituents is 1. The molecule has 0 radical (unpaired) electrons. The minimum Gasteiger partial charge on any atom is -0.497 e. The van der Waals surface area contributed by atoms with Crippen LogP contribution in [0.2, 0.25) is 0 Å². The number of benzene rings is 2. The maximum absolute atomic E-state index is 11.0. The largest absolute Gasteiger partial charge is 0.497 e. The fourth-order valence-electron chi connectivity index (χ4n) is 2.00. The van der Waals surface area contributed by atoms with Crippen molar-refractivity contribution in [2.45, 2.75) is 12.8 Å². The van der Waals surface area contributed by atoms with Crippen LogP contribution in [0.15, 0.2) is 46.9 Å². The number of ether oxygens (including phenoxy) is 1. The van der Waals surface area contributed by atoms with E-state index in [4.69, 9.17) is 4.74 Å². The van der Waals surface area contributed by atoms with E-state index in [1.807, 2.05) is 30.3 Å². The van der Waals surface area contributed by atoms with Crippen LogP contribution >= 0.6 is 15.9 Å². The van der Waals surface area contributed by atoms with Crippen LogP contribution in [0, 0.1) is 10.1 Å². The Morgan fingerprint density at radius 1 is 1.15 bits per heavy atom. The van der Waals surface area contributed by atoms with Gasteiger partial charge < -0.3 is 4.74 Å². The number of nitro groups is 1. The van der Waals surface area contributed by atoms with Gasteiger partial charge in [-0.05, 0) is 42.7 Å². The third-order valence-electron chi connectivity index (χ3n) is 3.08. The Bertz CT molecular complexity index is 611. The Hall–Kier alpha value is -1.88. The predicted molar refractivity (Wildman–Crippen MR) is 81.2 cm³/mol. The summed E-state index contributed by atoms with van der Waals surface area (Å²) >= 11 is 3.35. The molecule has 104 valence electrons. The highest BCUT2D eigenvalue weighted by molar-refractivity contribution is 9.10. The molecule has 0 saturated heterocycles. The number of hydrogen-bond donors (Lipinski definition) is 0. The van der Waals surface area contributed by atoms with Crippen molar-refractivity contribution in [1.29, 1.82) is 0 Å². The number of nitrogens with zero attached hydrogens (tertiary/aromatic N) is 1. The highest BCUT2D eigenvalue weighted by atomic mass is 79.9. The number of aryl methyl sites for hydroxylation is 2. The Kier molecular flexibility index (Phi) is 4.74. The van der Waals surface area contributed by atoms with E-state index >= 15 is 0 Å². The molecular formula is C15H14BrNO3. The van der Waals surface area contributed by atoms with Gasteiger partial charge in [-0.25, -0.2) is 0 Å². The maximum Gasteiger partial charge on any atom is 0.272 e. The lowest BCUT2D eigenvalue weighted by atomic mass is 10.0. The van der Waals surface area contributed by atoms with E-state index in [1.165, 1.54) is 6.07 Å². The van der Waals surface area contributed by atoms with Crippen LogP contribution in [-0.4, -0.2) is 12.0 Å². The zero-order valence-electron chi connectivity index (χ0n) is 11.0. The van der Waals surface area contributed by atoms with Crippen LogP contribution in [-0.2, 0) is 12.8 Å². The first kappa shape index (κ1) is 14.5. The SMILES string of the molecule is COc1ccc(CCc2cc(Br)ccc2[N+](=O)[O-])cc1. The van der Waals surface area contributed by atoms with Gasteiger partial charge in [-0.2, -0.15) is 0 Å². The summed E-state index contributed by atoms with van der Waals surface area (Å²) < 4.78 is 5.96. The van der Waals surface area contributed by atoms with Crippen LogP contribution in [0.1, 0.15) is 11.1 Å². The summed E-state index contributed by atoms with van der Waals surface area (Å²) in [5.74, 6) is 0.808. The summed E-state index contributed by atoms with van der Waals surface area (Å²) in [6, 6.07) is 12.8. The van der Waals surface area contributed by atoms with Gasteiger partial charge in [0.2, 0.25) is 0 Å². The number of halogens is 1. The molecule has 0 aromatic heterocycles. The lowest BCUT2D eigenvalue weighted by molar-refractivity contribution is -0.385. The van der Waals surface area contributed by atoms with Crippen LogP contribution in [0.4, 0.5) is 5.69 Å². The molecule has 0 aliphatic heterocycles.